The molecule has 0 aliphatic carbocycles. The average molecular weight is 279 g/mol. The van der Waals surface area contributed by atoms with E-state index < -0.39 is 0 Å². The molecule has 0 aromatic carbocycles. The molecular formula is C8H10INO2. The van der Waals surface area contributed by atoms with Crippen LogP contribution in [0, 0.1) is 0 Å². The van der Waals surface area contributed by atoms with E-state index in [0.717, 1.165) is 0 Å². The summed E-state index contributed by atoms with van der Waals surface area (Å²) in [5.74, 6) is -0.354. The van der Waals surface area contributed by atoms with Crippen molar-refractivity contribution in [1.29, 1.82) is 0 Å². The third kappa shape index (κ3) is 3.66. The molecule has 12 heavy (non-hydrogen) atoms. The molecule has 0 unspecified atom stereocenters. The van der Waals surface area contributed by atoms with Crippen LogP contribution in [0.2, 0.25) is 0 Å². The number of pyridine rings is 1. The zero-order valence-corrected chi connectivity index (χ0v) is 9.11. The number of rotatable bonds is 1. The summed E-state index contributed by atoms with van der Waals surface area (Å²) in [7, 11) is 1.34. The zero-order valence-electron chi connectivity index (χ0n) is 6.95. The van der Waals surface area contributed by atoms with Crippen LogP contribution < -0.4 is 0 Å². The van der Waals surface area contributed by atoms with Gasteiger partial charge in [-0.2, -0.15) is 0 Å². The van der Waals surface area contributed by atoms with Crippen LogP contribution in [0.4, 0.5) is 0 Å². The maximum Gasteiger partial charge on any atom is 0.339 e. The van der Waals surface area contributed by atoms with Gasteiger partial charge in [0.05, 0.1) is 12.7 Å². The Hall–Kier alpha value is -0.650. The van der Waals surface area contributed by atoms with Crippen molar-refractivity contribution in [3.8, 4) is 0 Å². The highest BCUT2D eigenvalue weighted by Crippen LogP contribution is 1.96. The van der Waals surface area contributed by atoms with Gasteiger partial charge >= 0.3 is 5.97 Å². The van der Waals surface area contributed by atoms with Gasteiger partial charge in [0.25, 0.3) is 0 Å². The number of aromatic nitrogens is 1. The first kappa shape index (κ1) is 11.4. The van der Waals surface area contributed by atoms with Gasteiger partial charge in [0.1, 0.15) is 0 Å². The second-order valence-corrected chi connectivity index (χ2v) is 1.73. The molecule has 0 atom stereocenters. The van der Waals surface area contributed by atoms with E-state index in [-0.39, 0.29) is 5.97 Å². The summed E-state index contributed by atoms with van der Waals surface area (Å²) in [5.41, 5.74) is 0.477. The van der Waals surface area contributed by atoms with Gasteiger partial charge in [-0.15, -0.1) is 0 Å². The van der Waals surface area contributed by atoms with Crippen molar-refractivity contribution in [3.05, 3.63) is 30.1 Å². The summed E-state index contributed by atoms with van der Waals surface area (Å²) in [4.78, 5) is 16.5. The Labute approximate surface area is 85.3 Å². The molecule has 0 radical (unpaired) electrons. The summed E-state index contributed by atoms with van der Waals surface area (Å²) >= 11 is 2.15. The number of methoxy groups -OCH3 is 1. The third-order valence-corrected chi connectivity index (χ3v) is 1.08. The molecule has 0 saturated carbocycles. The van der Waals surface area contributed by atoms with E-state index in [1.807, 2.05) is 4.93 Å². The third-order valence-electron chi connectivity index (χ3n) is 1.08. The van der Waals surface area contributed by atoms with Crippen molar-refractivity contribution in [2.24, 2.45) is 0 Å². The van der Waals surface area contributed by atoms with E-state index in [9.17, 15) is 4.79 Å². The molecule has 66 valence electrons. The molecule has 0 fully saturated rings. The Bertz CT molecular complexity index is 226. The molecule has 3 nitrogen and oxygen atoms in total. The standard InChI is InChI=1S/C7H7NO2.CH3I/c1-10-7(9)6-3-2-4-8-5-6;1-2/h2-5H,1H3;1H3. The molecule has 0 N–H and O–H groups in total. The maximum absolute atomic E-state index is 10.8. The first-order valence-corrected chi connectivity index (χ1v) is 5.36. The minimum atomic E-state index is -0.354. The highest BCUT2D eigenvalue weighted by molar-refractivity contribution is 14.1. The van der Waals surface area contributed by atoms with E-state index in [1.165, 1.54) is 13.3 Å². The summed E-state index contributed by atoms with van der Waals surface area (Å²) < 4.78 is 4.46. The van der Waals surface area contributed by atoms with Gasteiger partial charge in [0.15, 0.2) is 0 Å². The van der Waals surface area contributed by atoms with Gasteiger partial charge in [-0.3, -0.25) is 4.98 Å². The highest BCUT2D eigenvalue weighted by Gasteiger charge is 2.01. The number of esters is 1. The Morgan fingerprint density at radius 3 is 2.67 bits per heavy atom. The first-order valence-electron chi connectivity index (χ1n) is 3.20. The monoisotopic (exact) mass is 279 g/mol. The molecule has 1 rings (SSSR count). The molecule has 0 saturated heterocycles. The predicted molar refractivity (Wildman–Crippen MR) is 55.5 cm³/mol. The Morgan fingerprint density at radius 2 is 2.25 bits per heavy atom. The molecule has 0 bridgehead atoms. The molecule has 1 aromatic heterocycles. The Balaban J connectivity index is 0.000000561. The van der Waals surface area contributed by atoms with Gasteiger partial charge in [-0.25, -0.2) is 4.79 Å². The summed E-state index contributed by atoms with van der Waals surface area (Å²) in [6.45, 7) is 0. The van der Waals surface area contributed by atoms with Gasteiger partial charge in [-0.05, 0) is 17.1 Å². The van der Waals surface area contributed by atoms with E-state index in [1.54, 1.807) is 18.3 Å². The summed E-state index contributed by atoms with van der Waals surface area (Å²) in [5, 5.41) is 0. The molecule has 4 heteroatoms. The van der Waals surface area contributed by atoms with Crippen LogP contribution in [0.1, 0.15) is 10.4 Å². The molecule has 0 aliphatic rings. The van der Waals surface area contributed by atoms with Gasteiger partial charge in [-0.1, -0.05) is 22.6 Å². The topological polar surface area (TPSA) is 39.2 Å². The van der Waals surface area contributed by atoms with Crippen molar-refractivity contribution in [1.82, 2.24) is 4.98 Å². The SMILES string of the molecule is CI.COC(=O)c1cccnc1. The Kier molecular flexibility index (Phi) is 6.64. The molecule has 1 heterocycles. The van der Waals surface area contributed by atoms with Crippen LogP contribution in [-0.4, -0.2) is 23.0 Å². The number of carbonyl (C=O) groups is 1. The normalized spacial score (nSPS) is 7.92. The van der Waals surface area contributed by atoms with Crippen LogP contribution in [0.3, 0.4) is 0 Å². The second kappa shape index (κ2) is 7.02. The molecule has 1 aromatic rings. The van der Waals surface area contributed by atoms with Gasteiger partial charge in [0.2, 0.25) is 0 Å². The van der Waals surface area contributed by atoms with E-state index in [4.69, 9.17) is 0 Å². The molecule has 0 aliphatic heterocycles. The van der Waals surface area contributed by atoms with Gasteiger partial charge < -0.3 is 4.74 Å². The van der Waals surface area contributed by atoms with Crippen molar-refractivity contribution in [2.75, 3.05) is 12.0 Å². The largest absolute Gasteiger partial charge is 0.465 e. The number of hydrogen-bond donors (Lipinski definition) is 0. The lowest BCUT2D eigenvalue weighted by molar-refractivity contribution is 0.0600. The van der Waals surface area contributed by atoms with Crippen LogP contribution in [0.15, 0.2) is 24.5 Å². The predicted octanol–water partition coefficient (Wildman–Crippen LogP) is 1.92. The molecule has 0 spiro atoms. The van der Waals surface area contributed by atoms with Crippen molar-refractivity contribution in [3.63, 3.8) is 0 Å². The quantitative estimate of drug-likeness (QED) is 0.448. The highest BCUT2D eigenvalue weighted by atomic mass is 127. The van der Waals surface area contributed by atoms with Crippen molar-refractivity contribution < 1.29 is 9.53 Å². The number of ether oxygens (including phenoxy) is 1. The Morgan fingerprint density at radius 1 is 1.58 bits per heavy atom. The number of halogens is 1. The molecule has 0 amide bonds. The minimum absolute atomic E-state index is 0.354. The summed E-state index contributed by atoms with van der Waals surface area (Å²) in [6.07, 6.45) is 3.07. The lowest BCUT2D eigenvalue weighted by Crippen LogP contribution is -2.00. The summed E-state index contributed by atoms with van der Waals surface area (Å²) in [6, 6.07) is 3.34. The smallest absolute Gasteiger partial charge is 0.339 e. The maximum atomic E-state index is 10.8. The lowest BCUT2D eigenvalue weighted by Gasteiger charge is -1.94. The minimum Gasteiger partial charge on any atom is -0.465 e. The second-order valence-electron chi connectivity index (χ2n) is 1.73. The fraction of sp³-hybridized carbons (Fsp3) is 0.250. The average Bonchev–Trinajstić information content (AvgIpc) is 2.21. The zero-order chi connectivity index (χ0) is 9.40. The van der Waals surface area contributed by atoms with Crippen molar-refractivity contribution in [2.45, 2.75) is 0 Å². The number of carbonyl (C=O) groups excluding carboxylic acids is 1. The van der Waals surface area contributed by atoms with Crippen LogP contribution >= 0.6 is 22.6 Å². The van der Waals surface area contributed by atoms with E-state index in [2.05, 4.69) is 32.3 Å². The number of alkyl halides is 1. The van der Waals surface area contributed by atoms with Crippen LogP contribution in [0.25, 0.3) is 0 Å². The van der Waals surface area contributed by atoms with E-state index >= 15 is 0 Å². The fourth-order valence-corrected chi connectivity index (χ4v) is 0.601. The number of hydrogen-bond acceptors (Lipinski definition) is 3. The van der Waals surface area contributed by atoms with Crippen LogP contribution in [0.5, 0.6) is 0 Å². The molecular weight excluding hydrogens is 269 g/mol. The fourth-order valence-electron chi connectivity index (χ4n) is 0.601. The number of nitrogens with zero attached hydrogens (tertiary/aromatic N) is 1. The van der Waals surface area contributed by atoms with Gasteiger partial charge in [0, 0.05) is 12.4 Å². The van der Waals surface area contributed by atoms with Crippen molar-refractivity contribution >= 4 is 28.6 Å². The van der Waals surface area contributed by atoms with Crippen LogP contribution in [-0.2, 0) is 4.74 Å². The van der Waals surface area contributed by atoms with E-state index in [0.29, 0.717) is 5.56 Å². The lowest BCUT2D eigenvalue weighted by atomic mass is 10.3. The first-order chi connectivity index (χ1) is 5.84.